The molecule has 8 heteroatoms. The molecule has 0 aromatic rings. The van der Waals surface area contributed by atoms with E-state index in [1.165, 1.54) is 0 Å². The van der Waals surface area contributed by atoms with Crippen LogP contribution in [-0.4, -0.2) is 30.8 Å². The van der Waals surface area contributed by atoms with E-state index in [1.54, 1.807) is 6.92 Å². The fourth-order valence-electron chi connectivity index (χ4n) is 0.273. The predicted molar refractivity (Wildman–Crippen MR) is 34.3 cm³/mol. The van der Waals surface area contributed by atoms with Crippen LogP contribution in [0.15, 0.2) is 0 Å². The molecule has 76 valence electrons. The summed E-state index contributed by atoms with van der Waals surface area (Å²) in [6, 6.07) is 0. The van der Waals surface area contributed by atoms with Gasteiger partial charge in [-0.25, -0.2) is 4.79 Å². The molecule has 0 aliphatic heterocycles. The standard InChI is InChI=1S/C5H8O8/c1-2-9-3-10-12-5(8)13-11-4(6)7/h2-3H2,1H3,(H,6,7). The van der Waals surface area contributed by atoms with Crippen LogP contribution in [0.25, 0.3) is 0 Å². The van der Waals surface area contributed by atoms with Crippen LogP contribution < -0.4 is 0 Å². The summed E-state index contributed by atoms with van der Waals surface area (Å²) in [6.45, 7) is 1.80. The molecule has 0 fully saturated rings. The lowest BCUT2D eigenvalue weighted by Gasteiger charge is -2.01. The molecule has 0 saturated heterocycles. The van der Waals surface area contributed by atoms with E-state index < -0.39 is 12.3 Å². The van der Waals surface area contributed by atoms with Crippen molar-refractivity contribution >= 4 is 12.3 Å². The maximum atomic E-state index is 10.3. The van der Waals surface area contributed by atoms with E-state index in [-0.39, 0.29) is 6.79 Å². The molecule has 13 heavy (non-hydrogen) atoms. The molecule has 0 aromatic carbocycles. The van der Waals surface area contributed by atoms with Crippen molar-refractivity contribution in [3.8, 4) is 0 Å². The van der Waals surface area contributed by atoms with Crippen molar-refractivity contribution in [2.75, 3.05) is 13.4 Å². The number of ether oxygens (including phenoxy) is 1. The van der Waals surface area contributed by atoms with E-state index in [1.807, 2.05) is 0 Å². The monoisotopic (exact) mass is 196 g/mol. The highest BCUT2D eigenvalue weighted by atomic mass is 17.3. The number of carbonyl (C=O) groups excluding carboxylic acids is 1. The Morgan fingerprint density at radius 3 is 2.46 bits per heavy atom. The maximum absolute atomic E-state index is 10.3. The molecule has 0 aromatic heterocycles. The van der Waals surface area contributed by atoms with Gasteiger partial charge < -0.3 is 9.84 Å². The van der Waals surface area contributed by atoms with E-state index >= 15 is 0 Å². The fourth-order valence-corrected chi connectivity index (χ4v) is 0.273. The quantitative estimate of drug-likeness (QED) is 0.303. The largest absolute Gasteiger partial charge is 0.582 e. The molecule has 0 aliphatic rings. The van der Waals surface area contributed by atoms with E-state index in [4.69, 9.17) is 5.11 Å². The molecule has 1 N–H and O–H groups in total. The number of hydrogen-bond acceptors (Lipinski definition) is 7. The molecule has 0 heterocycles. The normalized spacial score (nSPS) is 9.00. The molecule has 0 rings (SSSR count). The third-order valence-corrected chi connectivity index (χ3v) is 0.644. The topological polar surface area (TPSA) is 101 Å². The van der Waals surface area contributed by atoms with Crippen molar-refractivity contribution in [1.82, 2.24) is 0 Å². The maximum Gasteiger partial charge on any atom is 0.582 e. The van der Waals surface area contributed by atoms with Crippen LogP contribution in [-0.2, 0) is 24.3 Å². The summed E-state index contributed by atoms with van der Waals surface area (Å²) in [5.41, 5.74) is 0. The van der Waals surface area contributed by atoms with Crippen LogP contribution in [0.2, 0.25) is 0 Å². The molecular formula is C5H8O8. The smallest absolute Gasteiger partial charge is 0.447 e. The highest BCUT2D eigenvalue weighted by Crippen LogP contribution is 1.89. The van der Waals surface area contributed by atoms with E-state index in [2.05, 4.69) is 24.3 Å². The first kappa shape index (κ1) is 11.5. The SMILES string of the molecule is CCOCOOC(=O)OOC(=O)O. The highest BCUT2D eigenvalue weighted by molar-refractivity contribution is 5.61. The number of carboxylic acid groups (broad SMARTS) is 1. The van der Waals surface area contributed by atoms with Crippen LogP contribution in [0, 0.1) is 0 Å². The van der Waals surface area contributed by atoms with Gasteiger partial charge in [-0.3, -0.25) is 4.89 Å². The second-order valence-electron chi connectivity index (χ2n) is 1.49. The van der Waals surface area contributed by atoms with Crippen LogP contribution >= 0.6 is 0 Å². The first-order valence-corrected chi connectivity index (χ1v) is 3.15. The zero-order valence-corrected chi connectivity index (χ0v) is 6.72. The molecule has 0 bridgehead atoms. The zero-order chi connectivity index (χ0) is 10.1. The van der Waals surface area contributed by atoms with Crippen molar-refractivity contribution in [1.29, 1.82) is 0 Å². The molecule has 0 amide bonds. The van der Waals surface area contributed by atoms with Gasteiger partial charge in [0.25, 0.3) is 0 Å². The predicted octanol–water partition coefficient (Wildman–Crippen LogP) is 0.675. The minimum Gasteiger partial charge on any atom is -0.447 e. The highest BCUT2D eigenvalue weighted by Gasteiger charge is 2.09. The Morgan fingerprint density at radius 2 is 1.92 bits per heavy atom. The average Bonchev–Trinajstić information content (AvgIpc) is 2.09. The molecule has 0 saturated carbocycles. The third kappa shape index (κ3) is 8.37. The van der Waals surface area contributed by atoms with Gasteiger partial charge in [-0.2, -0.15) is 19.5 Å². The van der Waals surface area contributed by atoms with Gasteiger partial charge in [-0.1, -0.05) is 0 Å². The minimum atomic E-state index is -1.78. The van der Waals surface area contributed by atoms with E-state index in [0.717, 1.165) is 0 Å². The van der Waals surface area contributed by atoms with Gasteiger partial charge in [0.15, 0.2) is 6.79 Å². The minimum absolute atomic E-state index is 0.279. The van der Waals surface area contributed by atoms with Crippen molar-refractivity contribution in [3.63, 3.8) is 0 Å². The van der Waals surface area contributed by atoms with Gasteiger partial charge in [0.1, 0.15) is 0 Å². The Kier molecular flexibility index (Phi) is 6.28. The van der Waals surface area contributed by atoms with Gasteiger partial charge in [-0.15, -0.1) is 0 Å². The van der Waals surface area contributed by atoms with Gasteiger partial charge in [0.05, 0.1) is 0 Å². The van der Waals surface area contributed by atoms with E-state index in [9.17, 15) is 9.59 Å². The molecule has 0 spiro atoms. The van der Waals surface area contributed by atoms with Gasteiger partial charge in [0, 0.05) is 6.61 Å². The number of rotatable bonds is 4. The van der Waals surface area contributed by atoms with Crippen LogP contribution in [0.3, 0.4) is 0 Å². The molecular weight excluding hydrogens is 188 g/mol. The summed E-state index contributed by atoms with van der Waals surface area (Å²) in [6.07, 6.45) is -3.22. The van der Waals surface area contributed by atoms with Crippen molar-refractivity contribution in [3.05, 3.63) is 0 Å². The number of carbonyl (C=O) groups is 2. The number of hydrogen-bond donors (Lipinski definition) is 1. The Labute approximate surface area is 72.7 Å². The summed E-state index contributed by atoms with van der Waals surface area (Å²) in [7, 11) is 0. The lowest BCUT2D eigenvalue weighted by atomic mass is 10.9. The Morgan fingerprint density at radius 1 is 1.23 bits per heavy atom. The molecule has 0 aliphatic carbocycles. The fraction of sp³-hybridized carbons (Fsp3) is 0.600. The summed E-state index contributed by atoms with van der Waals surface area (Å²) in [5.74, 6) is 0. The second kappa shape index (κ2) is 7.13. The van der Waals surface area contributed by atoms with Crippen LogP contribution in [0.1, 0.15) is 6.92 Å². The van der Waals surface area contributed by atoms with Crippen LogP contribution in [0.5, 0.6) is 0 Å². The lowest BCUT2D eigenvalue weighted by molar-refractivity contribution is -0.329. The summed E-state index contributed by atoms with van der Waals surface area (Å²) in [5, 5.41) is 7.85. The Bertz CT molecular complexity index is 166. The molecule has 0 atom stereocenters. The van der Waals surface area contributed by atoms with Crippen molar-refractivity contribution in [2.45, 2.75) is 6.92 Å². The molecule has 0 unspecified atom stereocenters. The average molecular weight is 196 g/mol. The third-order valence-electron chi connectivity index (χ3n) is 0.644. The lowest BCUT2D eigenvalue weighted by Crippen LogP contribution is -2.12. The summed E-state index contributed by atoms with van der Waals surface area (Å²) in [4.78, 5) is 34.8. The Hall–Kier alpha value is -1.54. The van der Waals surface area contributed by atoms with Gasteiger partial charge >= 0.3 is 12.3 Å². The first-order valence-electron chi connectivity index (χ1n) is 3.15. The first-order chi connectivity index (χ1) is 6.16. The summed E-state index contributed by atoms with van der Waals surface area (Å²) < 4.78 is 4.60. The van der Waals surface area contributed by atoms with E-state index in [0.29, 0.717) is 6.61 Å². The summed E-state index contributed by atoms with van der Waals surface area (Å²) >= 11 is 0. The molecule has 8 nitrogen and oxygen atoms in total. The second-order valence-corrected chi connectivity index (χ2v) is 1.49. The Balaban J connectivity index is 3.25. The molecule has 0 radical (unpaired) electrons. The van der Waals surface area contributed by atoms with Crippen molar-refractivity contribution < 1.29 is 39.0 Å². The van der Waals surface area contributed by atoms with Crippen LogP contribution in [0.4, 0.5) is 9.59 Å². The zero-order valence-electron chi connectivity index (χ0n) is 6.72. The van der Waals surface area contributed by atoms with Gasteiger partial charge in [0.2, 0.25) is 0 Å². The van der Waals surface area contributed by atoms with Gasteiger partial charge in [-0.05, 0) is 6.92 Å². The van der Waals surface area contributed by atoms with Crippen molar-refractivity contribution in [2.24, 2.45) is 0 Å².